The van der Waals surface area contributed by atoms with Crippen molar-refractivity contribution in [3.8, 4) is 0 Å². The summed E-state index contributed by atoms with van der Waals surface area (Å²) in [6, 6.07) is 5.77. The molecule has 3 aliphatic carbocycles. The zero-order chi connectivity index (χ0) is 33.5. The van der Waals surface area contributed by atoms with Crippen LogP contribution in [0, 0.1) is 15.4 Å². The number of halogens is 1. The number of nitrogens with zero attached hydrogens (tertiary/aromatic N) is 1. The highest BCUT2D eigenvalue weighted by molar-refractivity contribution is 14.1. The van der Waals surface area contributed by atoms with Gasteiger partial charge in [-0.3, -0.25) is 14.4 Å². The van der Waals surface area contributed by atoms with Crippen molar-refractivity contribution in [3.05, 3.63) is 45.0 Å². The van der Waals surface area contributed by atoms with E-state index in [0.717, 1.165) is 29.3 Å². The molecule has 2 amide bonds. The van der Waals surface area contributed by atoms with Gasteiger partial charge in [0.15, 0.2) is 5.79 Å². The Morgan fingerprint density at radius 1 is 1.11 bits per heavy atom. The number of carbonyl (C=O) groups excluding carboxylic acids is 4. The van der Waals surface area contributed by atoms with E-state index < -0.39 is 53.7 Å². The molecular formula is C35H45IN2O9. The van der Waals surface area contributed by atoms with Crippen molar-refractivity contribution in [3.63, 3.8) is 0 Å². The van der Waals surface area contributed by atoms with E-state index in [1.807, 2.05) is 12.1 Å². The lowest BCUT2D eigenvalue weighted by Crippen LogP contribution is -2.51. The zero-order valence-electron chi connectivity index (χ0n) is 27.2. The maximum atomic E-state index is 14.1. The fraction of sp³-hybridized carbons (Fsp3) is 0.657. The first kappa shape index (κ1) is 34.3. The smallest absolute Gasteiger partial charge is 0.338 e. The molecule has 11 nitrogen and oxygen atoms in total. The van der Waals surface area contributed by atoms with Crippen LogP contribution in [0.2, 0.25) is 0 Å². The molecule has 1 aromatic rings. The Kier molecular flexibility index (Phi) is 10.0. The molecular weight excluding hydrogens is 719 g/mol. The summed E-state index contributed by atoms with van der Waals surface area (Å²) in [5.74, 6) is -1.70. The number of esters is 2. The molecule has 47 heavy (non-hydrogen) atoms. The fourth-order valence-corrected chi connectivity index (χ4v) is 7.58. The van der Waals surface area contributed by atoms with Gasteiger partial charge in [0, 0.05) is 40.4 Å². The molecule has 2 aliphatic heterocycles. The molecule has 4 fully saturated rings. The number of benzene rings is 1. The van der Waals surface area contributed by atoms with Crippen LogP contribution in [0.3, 0.4) is 0 Å². The number of likely N-dealkylation sites (tertiary alicyclic amines) is 1. The number of fused-ring (bicyclic) bond motifs is 1. The second-order valence-electron chi connectivity index (χ2n) is 14.5. The summed E-state index contributed by atoms with van der Waals surface area (Å²) in [7, 11) is 0. The van der Waals surface area contributed by atoms with Gasteiger partial charge in [-0.15, -0.1) is 0 Å². The first-order chi connectivity index (χ1) is 22.4. The van der Waals surface area contributed by atoms with E-state index in [1.165, 1.54) is 0 Å². The third-order valence-corrected chi connectivity index (χ3v) is 10.2. The van der Waals surface area contributed by atoms with E-state index >= 15 is 0 Å². The van der Waals surface area contributed by atoms with Gasteiger partial charge >= 0.3 is 11.9 Å². The van der Waals surface area contributed by atoms with Gasteiger partial charge in [-0.05, 0) is 113 Å². The maximum absolute atomic E-state index is 14.1. The molecule has 1 aromatic carbocycles. The van der Waals surface area contributed by atoms with Crippen LogP contribution < -0.4 is 5.32 Å². The zero-order valence-corrected chi connectivity index (χ0v) is 29.4. The van der Waals surface area contributed by atoms with E-state index in [0.29, 0.717) is 42.4 Å². The minimum absolute atomic E-state index is 0.0407. The molecule has 5 atom stereocenters. The van der Waals surface area contributed by atoms with Crippen LogP contribution >= 0.6 is 22.6 Å². The Bertz CT molecular complexity index is 1400. The largest absolute Gasteiger partial charge is 0.460 e. The number of aliphatic hydroxyl groups excluding tert-OH is 1. The molecule has 2 heterocycles. The highest BCUT2D eigenvalue weighted by atomic mass is 127. The minimum atomic E-state index is -0.741. The molecule has 2 N–H and O–H groups in total. The van der Waals surface area contributed by atoms with Crippen LogP contribution in [0.5, 0.6) is 0 Å². The summed E-state index contributed by atoms with van der Waals surface area (Å²) in [6.45, 7) is 5.38. The van der Waals surface area contributed by atoms with Gasteiger partial charge < -0.3 is 34.3 Å². The monoisotopic (exact) mass is 764 g/mol. The van der Waals surface area contributed by atoms with Gasteiger partial charge in [-0.2, -0.15) is 0 Å². The lowest BCUT2D eigenvalue weighted by Gasteiger charge is -2.33. The third kappa shape index (κ3) is 7.86. The molecule has 0 aromatic heterocycles. The van der Waals surface area contributed by atoms with E-state index in [1.54, 1.807) is 43.9 Å². The summed E-state index contributed by atoms with van der Waals surface area (Å²) in [4.78, 5) is 54.7. The Balaban J connectivity index is 1.16. The summed E-state index contributed by atoms with van der Waals surface area (Å²) >= 11 is 2.15. The number of hydrogen-bond acceptors (Lipinski definition) is 9. The molecule has 0 bridgehead atoms. The fourth-order valence-electron chi connectivity index (χ4n) is 7.04. The molecule has 0 spiro atoms. The van der Waals surface area contributed by atoms with Crippen LogP contribution in [0.25, 0.3) is 0 Å². The van der Waals surface area contributed by atoms with Crippen molar-refractivity contribution in [1.82, 2.24) is 10.2 Å². The maximum Gasteiger partial charge on any atom is 0.338 e. The first-order valence-corrected chi connectivity index (χ1v) is 17.9. The number of aliphatic hydroxyl groups is 1. The number of ether oxygens (including phenoxy) is 4. The van der Waals surface area contributed by atoms with Gasteiger partial charge in [-0.1, -0.05) is 6.07 Å². The lowest BCUT2D eigenvalue weighted by atomic mass is 9.91. The summed E-state index contributed by atoms with van der Waals surface area (Å²) in [6.07, 6.45) is 5.59. The first-order valence-electron chi connectivity index (χ1n) is 16.8. The SMILES string of the molecule is CC(C)(C)OC(=O)CC[C@@H](CO)NC(=O)[C@H]1CCCN1C(=O)C1=C[C@H]2OC(C3CC3)(C3CC3)O[C@H]2[C@H](OC(=O)c2cccc(I)c2)C1. The standard InChI is InChI=1S/C35H45IN2O9/c1-34(2,3)46-29(40)14-13-25(19-39)37-31(41)26-8-5-15-38(26)32(42)21-17-27(44-33(43)20-6-4-7-24(36)16-20)30-28(18-21)45-35(47-30,22-9-10-22)23-11-12-23/h4,6-7,16,18,22-23,25-28,30,39H,5,8-15,17,19H2,1-3H3,(H,37,41)/t25-,26+,27+,28+,30-/m0/s1. The van der Waals surface area contributed by atoms with Gasteiger partial charge in [0.2, 0.25) is 11.8 Å². The highest BCUT2D eigenvalue weighted by Gasteiger charge is 2.64. The number of rotatable bonds is 11. The van der Waals surface area contributed by atoms with Crippen molar-refractivity contribution < 1.29 is 43.2 Å². The predicted molar refractivity (Wildman–Crippen MR) is 178 cm³/mol. The van der Waals surface area contributed by atoms with Crippen LogP contribution in [0.1, 0.15) is 88.9 Å². The van der Waals surface area contributed by atoms with Gasteiger partial charge in [0.05, 0.1) is 18.2 Å². The molecule has 6 rings (SSSR count). The summed E-state index contributed by atoms with van der Waals surface area (Å²) in [5, 5.41) is 12.8. The van der Waals surface area contributed by atoms with Gasteiger partial charge in [-0.25, -0.2) is 4.79 Å². The Morgan fingerprint density at radius 3 is 2.47 bits per heavy atom. The van der Waals surface area contributed by atoms with Gasteiger partial charge in [0.1, 0.15) is 30.0 Å². The molecule has 2 saturated carbocycles. The van der Waals surface area contributed by atoms with Gasteiger partial charge in [0.25, 0.3) is 0 Å². The highest BCUT2D eigenvalue weighted by Crippen LogP contribution is 2.59. The number of carbonyl (C=O) groups is 4. The second-order valence-corrected chi connectivity index (χ2v) is 15.7. The molecule has 0 unspecified atom stereocenters. The average molecular weight is 765 g/mol. The molecule has 12 heteroatoms. The normalized spacial score (nSPS) is 27.4. The quantitative estimate of drug-likeness (QED) is 0.253. The van der Waals surface area contributed by atoms with Crippen LogP contribution in [-0.2, 0) is 33.3 Å². The average Bonchev–Trinajstić information content (AvgIpc) is 3.96. The second kappa shape index (κ2) is 13.8. The topological polar surface area (TPSA) is 141 Å². The molecule has 5 aliphatic rings. The Hall–Kier alpha value is -2.55. The number of hydrogen-bond donors (Lipinski definition) is 2. The van der Waals surface area contributed by atoms with Crippen molar-refractivity contribution in [2.45, 2.75) is 120 Å². The van der Waals surface area contributed by atoms with Crippen molar-refractivity contribution >= 4 is 46.3 Å². The van der Waals surface area contributed by atoms with Crippen molar-refractivity contribution in [2.75, 3.05) is 13.2 Å². The van der Waals surface area contributed by atoms with Crippen molar-refractivity contribution in [1.29, 1.82) is 0 Å². The van der Waals surface area contributed by atoms with Crippen LogP contribution in [-0.4, -0.2) is 88.7 Å². The lowest BCUT2D eigenvalue weighted by molar-refractivity contribution is -0.209. The van der Waals surface area contributed by atoms with Crippen molar-refractivity contribution in [2.24, 2.45) is 11.8 Å². The van der Waals surface area contributed by atoms with E-state index in [9.17, 15) is 24.3 Å². The molecule has 2 saturated heterocycles. The molecule has 0 radical (unpaired) electrons. The number of amides is 2. The van der Waals surface area contributed by atoms with E-state index in [2.05, 4.69) is 27.9 Å². The van der Waals surface area contributed by atoms with Crippen LogP contribution in [0.15, 0.2) is 35.9 Å². The summed E-state index contributed by atoms with van der Waals surface area (Å²) in [5.41, 5.74) is 0.228. The minimum Gasteiger partial charge on any atom is -0.460 e. The Labute approximate surface area is 289 Å². The number of nitrogens with one attached hydrogen (secondary N) is 1. The Morgan fingerprint density at radius 2 is 1.83 bits per heavy atom. The van der Waals surface area contributed by atoms with Crippen LogP contribution in [0.4, 0.5) is 0 Å². The molecule has 256 valence electrons. The summed E-state index contributed by atoms with van der Waals surface area (Å²) < 4.78 is 25.8. The van der Waals surface area contributed by atoms with E-state index in [4.69, 9.17) is 18.9 Å². The van der Waals surface area contributed by atoms with E-state index in [-0.39, 0.29) is 37.7 Å². The third-order valence-electron chi connectivity index (χ3n) is 9.50. The predicted octanol–water partition coefficient (Wildman–Crippen LogP) is 4.04.